The number of carbonyl (C=O) groups excluding carboxylic acids is 2. The maximum atomic E-state index is 13.2. The lowest BCUT2D eigenvalue weighted by molar-refractivity contribution is -0.132. The standard InChI is InChI=1S/C20H17Cl2N3O4/c1-10-6-15(24-29-10)25-9-20-5-4-14(28-20)16(17(20)19(25)27)18(26)23-8-11-2-3-12(21)7-13(11)22/h2-7,14,16-17H,8-9H2,1H3,(H,23,26)/t14-,16-,17-,20-/m1/s1. The number of hydrogen-bond donors (Lipinski definition) is 1. The van der Waals surface area contributed by atoms with Crippen molar-refractivity contribution >= 4 is 40.8 Å². The number of nitrogens with one attached hydrogen (secondary N) is 1. The SMILES string of the molecule is Cc1cc(N2C[C@@]34C=C[C@@H](O3)[C@@H](C(=O)NCc3ccc(Cl)cc3Cl)[C@@H]4C2=O)no1. The average molecular weight is 434 g/mol. The first-order chi connectivity index (χ1) is 13.9. The number of ether oxygens (including phenoxy) is 1. The maximum Gasteiger partial charge on any atom is 0.235 e. The molecule has 3 aliphatic rings. The number of rotatable bonds is 4. The first-order valence-corrected chi connectivity index (χ1v) is 9.97. The van der Waals surface area contributed by atoms with Gasteiger partial charge in [0, 0.05) is 22.7 Å². The maximum absolute atomic E-state index is 13.2. The van der Waals surface area contributed by atoms with Gasteiger partial charge in [-0.25, -0.2) is 0 Å². The minimum absolute atomic E-state index is 0.185. The van der Waals surface area contributed by atoms with Crippen LogP contribution < -0.4 is 10.2 Å². The van der Waals surface area contributed by atoms with Crippen LogP contribution in [0.2, 0.25) is 10.0 Å². The van der Waals surface area contributed by atoms with Gasteiger partial charge in [0.1, 0.15) is 11.4 Å². The van der Waals surface area contributed by atoms with Crippen molar-refractivity contribution in [1.82, 2.24) is 10.5 Å². The summed E-state index contributed by atoms with van der Waals surface area (Å²) in [4.78, 5) is 27.7. The lowest BCUT2D eigenvalue weighted by Crippen LogP contribution is -2.44. The first kappa shape index (κ1) is 18.7. The predicted molar refractivity (Wildman–Crippen MR) is 106 cm³/mol. The summed E-state index contributed by atoms with van der Waals surface area (Å²) in [6.45, 7) is 2.31. The lowest BCUT2D eigenvalue weighted by Gasteiger charge is -2.23. The van der Waals surface area contributed by atoms with E-state index in [2.05, 4.69) is 10.5 Å². The predicted octanol–water partition coefficient (Wildman–Crippen LogP) is 2.89. The molecule has 2 aromatic rings. The second-order valence-electron chi connectivity index (χ2n) is 7.57. The van der Waals surface area contributed by atoms with Gasteiger partial charge in [-0.1, -0.05) is 46.6 Å². The molecule has 0 aliphatic carbocycles. The number of aromatic nitrogens is 1. The van der Waals surface area contributed by atoms with Gasteiger partial charge in [-0.3, -0.25) is 14.5 Å². The van der Waals surface area contributed by atoms with Gasteiger partial charge in [-0.05, 0) is 24.6 Å². The van der Waals surface area contributed by atoms with Gasteiger partial charge in [0.2, 0.25) is 11.8 Å². The third kappa shape index (κ3) is 2.87. The fraction of sp³-hybridized carbons (Fsp3) is 0.350. The molecule has 4 atom stereocenters. The van der Waals surface area contributed by atoms with Crippen LogP contribution in [0.5, 0.6) is 0 Å². The fourth-order valence-electron chi connectivity index (χ4n) is 4.44. The van der Waals surface area contributed by atoms with Gasteiger partial charge >= 0.3 is 0 Å². The molecule has 29 heavy (non-hydrogen) atoms. The first-order valence-electron chi connectivity index (χ1n) is 9.21. The van der Waals surface area contributed by atoms with Gasteiger partial charge in [-0.2, -0.15) is 0 Å². The number of amides is 2. The molecular formula is C20H17Cl2N3O4. The third-order valence-electron chi connectivity index (χ3n) is 5.76. The van der Waals surface area contributed by atoms with E-state index in [9.17, 15) is 9.59 Å². The van der Waals surface area contributed by atoms with E-state index in [1.54, 1.807) is 31.2 Å². The van der Waals surface area contributed by atoms with Gasteiger partial charge in [0.15, 0.2) is 5.82 Å². The zero-order valence-corrected chi connectivity index (χ0v) is 16.9. The Labute approximate surface area is 176 Å². The van der Waals surface area contributed by atoms with Crippen LogP contribution in [0.25, 0.3) is 0 Å². The highest BCUT2D eigenvalue weighted by atomic mass is 35.5. The molecule has 1 aromatic carbocycles. The van der Waals surface area contributed by atoms with Crippen molar-refractivity contribution < 1.29 is 18.8 Å². The van der Waals surface area contributed by atoms with E-state index in [1.807, 2.05) is 12.2 Å². The fourth-order valence-corrected chi connectivity index (χ4v) is 4.91. The minimum atomic E-state index is -0.811. The Balaban J connectivity index is 1.36. The summed E-state index contributed by atoms with van der Waals surface area (Å²) in [7, 11) is 0. The van der Waals surface area contributed by atoms with E-state index in [0.29, 0.717) is 28.2 Å². The molecule has 150 valence electrons. The summed E-state index contributed by atoms with van der Waals surface area (Å²) >= 11 is 12.1. The molecule has 7 nitrogen and oxygen atoms in total. The van der Waals surface area contributed by atoms with Gasteiger partial charge in [-0.15, -0.1) is 0 Å². The van der Waals surface area contributed by atoms with E-state index >= 15 is 0 Å². The van der Waals surface area contributed by atoms with Gasteiger partial charge in [0.25, 0.3) is 0 Å². The minimum Gasteiger partial charge on any atom is -0.360 e. The smallest absolute Gasteiger partial charge is 0.235 e. The number of anilines is 1. The molecule has 5 rings (SSSR count). The molecular weight excluding hydrogens is 417 g/mol. The van der Waals surface area contributed by atoms with Crippen molar-refractivity contribution in [2.75, 3.05) is 11.4 Å². The Morgan fingerprint density at radius 2 is 2.21 bits per heavy atom. The van der Waals surface area contributed by atoms with E-state index in [4.69, 9.17) is 32.5 Å². The van der Waals surface area contributed by atoms with Crippen LogP contribution >= 0.6 is 23.2 Å². The van der Waals surface area contributed by atoms with Gasteiger partial charge in [0.05, 0.1) is 24.5 Å². The molecule has 1 spiro atoms. The van der Waals surface area contributed by atoms with Crippen LogP contribution in [0.3, 0.4) is 0 Å². The van der Waals surface area contributed by atoms with Crippen molar-refractivity contribution in [3.05, 3.63) is 57.8 Å². The number of carbonyl (C=O) groups is 2. The summed E-state index contributed by atoms with van der Waals surface area (Å²) in [6, 6.07) is 6.80. The zero-order valence-electron chi connectivity index (χ0n) is 15.4. The molecule has 2 fully saturated rings. The third-order valence-corrected chi connectivity index (χ3v) is 6.35. The normalized spacial score (nSPS) is 29.6. The highest BCUT2D eigenvalue weighted by molar-refractivity contribution is 6.35. The quantitative estimate of drug-likeness (QED) is 0.749. The number of halogens is 2. The van der Waals surface area contributed by atoms with E-state index in [-0.39, 0.29) is 18.4 Å². The van der Waals surface area contributed by atoms with E-state index in [0.717, 1.165) is 5.56 Å². The second-order valence-corrected chi connectivity index (χ2v) is 8.42. The second kappa shape index (κ2) is 6.58. The summed E-state index contributed by atoms with van der Waals surface area (Å²) in [5, 5.41) is 7.83. The zero-order chi connectivity index (χ0) is 20.3. The van der Waals surface area contributed by atoms with Crippen molar-refractivity contribution in [3.8, 4) is 0 Å². The number of aryl methyl sites for hydroxylation is 1. The van der Waals surface area contributed by atoms with Crippen LogP contribution in [0.15, 0.2) is 40.9 Å². The molecule has 9 heteroatoms. The lowest BCUT2D eigenvalue weighted by atomic mass is 9.77. The van der Waals surface area contributed by atoms with Crippen molar-refractivity contribution in [3.63, 3.8) is 0 Å². The van der Waals surface area contributed by atoms with Crippen molar-refractivity contribution in [2.45, 2.75) is 25.2 Å². The monoisotopic (exact) mass is 433 g/mol. The van der Waals surface area contributed by atoms with Crippen LogP contribution in [0.4, 0.5) is 5.82 Å². The van der Waals surface area contributed by atoms with E-state index in [1.165, 1.54) is 4.90 Å². The Morgan fingerprint density at radius 3 is 2.93 bits per heavy atom. The molecule has 2 amide bonds. The van der Waals surface area contributed by atoms with Crippen molar-refractivity contribution in [2.24, 2.45) is 11.8 Å². The average Bonchev–Trinajstić information content (AvgIpc) is 3.42. The molecule has 1 aromatic heterocycles. The number of benzene rings is 1. The summed E-state index contributed by atoms with van der Waals surface area (Å²) in [5.74, 6) is -0.605. The van der Waals surface area contributed by atoms with Crippen LogP contribution in [0.1, 0.15) is 11.3 Å². The molecule has 3 aliphatic heterocycles. The Morgan fingerprint density at radius 1 is 1.38 bits per heavy atom. The van der Waals surface area contributed by atoms with Crippen LogP contribution in [-0.2, 0) is 20.9 Å². The molecule has 2 bridgehead atoms. The number of fused-ring (bicyclic) bond motifs is 1. The Hall–Kier alpha value is -2.35. The molecule has 2 saturated heterocycles. The largest absolute Gasteiger partial charge is 0.360 e. The molecule has 1 N–H and O–H groups in total. The summed E-state index contributed by atoms with van der Waals surface area (Å²) in [6.07, 6.45) is 3.33. The number of nitrogens with zero attached hydrogens (tertiary/aromatic N) is 2. The topological polar surface area (TPSA) is 84.7 Å². The number of hydrogen-bond acceptors (Lipinski definition) is 5. The van der Waals surface area contributed by atoms with E-state index < -0.39 is 23.5 Å². The molecule has 4 heterocycles. The highest BCUT2D eigenvalue weighted by Crippen LogP contribution is 2.52. The summed E-state index contributed by atoms with van der Waals surface area (Å²) in [5.41, 5.74) is -0.0645. The summed E-state index contributed by atoms with van der Waals surface area (Å²) < 4.78 is 11.2. The van der Waals surface area contributed by atoms with Crippen molar-refractivity contribution in [1.29, 1.82) is 0 Å². The van der Waals surface area contributed by atoms with Crippen LogP contribution in [0, 0.1) is 18.8 Å². The Kier molecular flexibility index (Phi) is 4.24. The molecule has 0 unspecified atom stereocenters. The highest BCUT2D eigenvalue weighted by Gasteiger charge is 2.67. The molecule has 0 saturated carbocycles. The molecule has 0 radical (unpaired) electrons. The van der Waals surface area contributed by atoms with Crippen LogP contribution in [-0.4, -0.2) is 35.2 Å². The Bertz CT molecular complexity index is 1050. The van der Waals surface area contributed by atoms with Gasteiger partial charge < -0.3 is 14.6 Å².